The van der Waals surface area contributed by atoms with Crippen molar-refractivity contribution in [3.8, 4) is 0 Å². The number of anilines is 1. The van der Waals surface area contributed by atoms with E-state index in [4.69, 9.17) is 5.73 Å². The van der Waals surface area contributed by atoms with Crippen molar-refractivity contribution in [3.63, 3.8) is 0 Å². The summed E-state index contributed by atoms with van der Waals surface area (Å²) in [4.78, 5) is 1.14. The van der Waals surface area contributed by atoms with Crippen molar-refractivity contribution in [1.82, 2.24) is 0 Å². The fourth-order valence-electron chi connectivity index (χ4n) is 1.56. The van der Waals surface area contributed by atoms with Crippen molar-refractivity contribution in [2.24, 2.45) is 0 Å². The lowest BCUT2D eigenvalue weighted by Crippen LogP contribution is -1.90. The van der Waals surface area contributed by atoms with Gasteiger partial charge in [0.2, 0.25) is 0 Å². The third-order valence-electron chi connectivity index (χ3n) is 2.67. The first-order chi connectivity index (χ1) is 8.58. The maximum atomic E-state index is 13.3. The lowest BCUT2D eigenvalue weighted by atomic mass is 10.2. The summed E-state index contributed by atoms with van der Waals surface area (Å²) < 4.78 is 13.9. The van der Waals surface area contributed by atoms with E-state index in [1.54, 1.807) is 17.8 Å². The Labute approximate surface area is 119 Å². The molecule has 0 saturated carbocycles. The molecular weight excluding hydrogens is 313 g/mol. The van der Waals surface area contributed by atoms with Crippen LogP contribution in [0.4, 0.5) is 10.1 Å². The number of halogens is 2. The summed E-state index contributed by atoms with van der Waals surface area (Å²) in [7, 11) is 0. The molecule has 94 valence electrons. The zero-order valence-corrected chi connectivity index (χ0v) is 12.3. The van der Waals surface area contributed by atoms with Gasteiger partial charge in [-0.2, -0.15) is 0 Å². The van der Waals surface area contributed by atoms with Gasteiger partial charge < -0.3 is 5.73 Å². The molecule has 18 heavy (non-hydrogen) atoms. The van der Waals surface area contributed by atoms with E-state index in [0.29, 0.717) is 4.47 Å². The number of nitrogens with two attached hydrogens (primary N) is 1. The van der Waals surface area contributed by atoms with Gasteiger partial charge in [0, 0.05) is 16.3 Å². The van der Waals surface area contributed by atoms with E-state index in [1.807, 2.05) is 31.2 Å². The molecule has 0 atom stereocenters. The summed E-state index contributed by atoms with van der Waals surface area (Å²) in [6.07, 6.45) is 0. The van der Waals surface area contributed by atoms with E-state index in [0.717, 1.165) is 27.5 Å². The predicted molar refractivity (Wildman–Crippen MR) is 79.3 cm³/mol. The monoisotopic (exact) mass is 325 g/mol. The third-order valence-corrected chi connectivity index (χ3v) is 4.60. The van der Waals surface area contributed by atoms with Crippen molar-refractivity contribution in [1.29, 1.82) is 0 Å². The standard InChI is InChI=1S/C14H13BrFNS/c1-9-7-11(5-6-13(9)17)18-8-10-3-2-4-12(16)14(10)15/h2-7H,8,17H2,1H3. The number of nitrogen functional groups attached to an aromatic ring is 1. The first kappa shape index (κ1) is 13.4. The van der Waals surface area contributed by atoms with Gasteiger partial charge in [-0.1, -0.05) is 12.1 Å². The lowest BCUT2D eigenvalue weighted by molar-refractivity contribution is 0.619. The molecule has 2 N–H and O–H groups in total. The summed E-state index contributed by atoms with van der Waals surface area (Å²) in [5.74, 6) is 0.503. The maximum Gasteiger partial charge on any atom is 0.137 e. The van der Waals surface area contributed by atoms with Crippen molar-refractivity contribution in [2.45, 2.75) is 17.6 Å². The topological polar surface area (TPSA) is 26.0 Å². The molecule has 0 amide bonds. The van der Waals surface area contributed by atoms with Gasteiger partial charge in [-0.15, -0.1) is 11.8 Å². The van der Waals surface area contributed by atoms with Crippen molar-refractivity contribution < 1.29 is 4.39 Å². The molecule has 0 heterocycles. The van der Waals surface area contributed by atoms with Gasteiger partial charge in [-0.3, -0.25) is 0 Å². The number of hydrogen-bond acceptors (Lipinski definition) is 2. The Balaban J connectivity index is 2.11. The van der Waals surface area contributed by atoms with Gasteiger partial charge in [-0.05, 0) is 58.2 Å². The van der Waals surface area contributed by atoms with Crippen molar-refractivity contribution in [3.05, 3.63) is 57.8 Å². The highest BCUT2D eigenvalue weighted by Crippen LogP contribution is 2.29. The van der Waals surface area contributed by atoms with Gasteiger partial charge in [0.1, 0.15) is 5.82 Å². The molecule has 0 radical (unpaired) electrons. The average molecular weight is 326 g/mol. The molecule has 0 fully saturated rings. The van der Waals surface area contributed by atoms with E-state index in [9.17, 15) is 4.39 Å². The molecule has 0 bridgehead atoms. The summed E-state index contributed by atoms with van der Waals surface area (Å²) in [5, 5.41) is 0. The van der Waals surface area contributed by atoms with Crippen LogP contribution < -0.4 is 5.73 Å². The van der Waals surface area contributed by atoms with Gasteiger partial charge in [-0.25, -0.2) is 4.39 Å². The Morgan fingerprint density at radius 2 is 2.06 bits per heavy atom. The predicted octanol–water partition coefficient (Wildman–Crippen LogP) is 4.77. The van der Waals surface area contributed by atoms with Crippen LogP contribution in [0.1, 0.15) is 11.1 Å². The lowest BCUT2D eigenvalue weighted by Gasteiger charge is -2.07. The molecule has 0 unspecified atom stereocenters. The summed E-state index contributed by atoms with van der Waals surface area (Å²) >= 11 is 4.94. The molecule has 1 nitrogen and oxygen atoms in total. The third kappa shape index (κ3) is 3.06. The van der Waals surface area contributed by atoms with Crippen LogP contribution in [0.25, 0.3) is 0 Å². The van der Waals surface area contributed by atoms with Crippen LogP contribution in [0.3, 0.4) is 0 Å². The second kappa shape index (κ2) is 5.76. The Morgan fingerprint density at radius 3 is 2.78 bits per heavy atom. The van der Waals surface area contributed by atoms with Crippen molar-refractivity contribution >= 4 is 33.4 Å². The molecule has 0 aromatic heterocycles. The average Bonchev–Trinajstić information content (AvgIpc) is 2.35. The Bertz CT molecular complexity index is 572. The molecule has 0 aliphatic rings. The highest BCUT2D eigenvalue weighted by Gasteiger charge is 2.06. The largest absolute Gasteiger partial charge is 0.399 e. The molecule has 0 saturated heterocycles. The second-order valence-corrected chi connectivity index (χ2v) is 5.86. The number of hydrogen-bond donors (Lipinski definition) is 1. The molecule has 0 spiro atoms. The van der Waals surface area contributed by atoms with Crippen LogP contribution >= 0.6 is 27.7 Å². The Hall–Kier alpha value is -1.00. The normalized spacial score (nSPS) is 10.6. The van der Waals surface area contributed by atoms with Gasteiger partial charge in [0.15, 0.2) is 0 Å². The zero-order chi connectivity index (χ0) is 13.1. The van der Waals surface area contributed by atoms with Gasteiger partial charge in [0.05, 0.1) is 4.47 Å². The van der Waals surface area contributed by atoms with Crippen LogP contribution in [0.15, 0.2) is 45.8 Å². The Morgan fingerprint density at radius 1 is 1.28 bits per heavy atom. The first-order valence-electron chi connectivity index (χ1n) is 5.50. The van der Waals surface area contributed by atoms with Crippen LogP contribution in [0.5, 0.6) is 0 Å². The van der Waals surface area contributed by atoms with Crippen molar-refractivity contribution in [2.75, 3.05) is 5.73 Å². The van der Waals surface area contributed by atoms with E-state index < -0.39 is 0 Å². The minimum absolute atomic E-state index is 0.221. The quantitative estimate of drug-likeness (QED) is 0.649. The van der Waals surface area contributed by atoms with Gasteiger partial charge >= 0.3 is 0 Å². The van der Waals surface area contributed by atoms with Crippen LogP contribution in [0.2, 0.25) is 0 Å². The molecular formula is C14H13BrFNS. The summed E-state index contributed by atoms with van der Waals surface area (Å²) in [6.45, 7) is 1.98. The molecule has 2 aromatic rings. The van der Waals surface area contributed by atoms with E-state index >= 15 is 0 Å². The minimum Gasteiger partial charge on any atom is -0.399 e. The van der Waals surface area contributed by atoms with Crippen LogP contribution in [-0.4, -0.2) is 0 Å². The zero-order valence-electron chi connectivity index (χ0n) is 9.91. The summed E-state index contributed by atoms with van der Waals surface area (Å²) in [5.41, 5.74) is 8.59. The SMILES string of the molecule is Cc1cc(SCc2cccc(F)c2Br)ccc1N. The second-order valence-electron chi connectivity index (χ2n) is 4.02. The van der Waals surface area contributed by atoms with Crippen LogP contribution in [0, 0.1) is 12.7 Å². The highest BCUT2D eigenvalue weighted by atomic mass is 79.9. The van der Waals surface area contributed by atoms with E-state index in [-0.39, 0.29) is 5.82 Å². The molecule has 4 heteroatoms. The molecule has 0 aliphatic carbocycles. The van der Waals surface area contributed by atoms with Crippen LogP contribution in [-0.2, 0) is 5.75 Å². The molecule has 2 aromatic carbocycles. The fraction of sp³-hybridized carbons (Fsp3) is 0.143. The first-order valence-corrected chi connectivity index (χ1v) is 7.27. The fourth-order valence-corrected chi connectivity index (χ4v) is 3.14. The minimum atomic E-state index is -0.221. The smallest absolute Gasteiger partial charge is 0.137 e. The number of thioether (sulfide) groups is 1. The number of aryl methyl sites for hydroxylation is 1. The number of benzene rings is 2. The number of rotatable bonds is 3. The Kier molecular flexibility index (Phi) is 4.30. The van der Waals surface area contributed by atoms with E-state index in [1.165, 1.54) is 6.07 Å². The summed E-state index contributed by atoms with van der Waals surface area (Å²) in [6, 6.07) is 11.0. The maximum absolute atomic E-state index is 13.3. The molecule has 0 aliphatic heterocycles. The van der Waals surface area contributed by atoms with Gasteiger partial charge in [0.25, 0.3) is 0 Å². The highest BCUT2D eigenvalue weighted by molar-refractivity contribution is 9.10. The molecule has 2 rings (SSSR count). The van der Waals surface area contributed by atoms with E-state index in [2.05, 4.69) is 15.9 Å².